The van der Waals surface area contributed by atoms with Crippen LogP contribution in [0.5, 0.6) is 0 Å². The first-order valence-corrected chi connectivity index (χ1v) is 27.2. The van der Waals surface area contributed by atoms with Crippen LogP contribution in [0.1, 0.15) is 25.0 Å². The van der Waals surface area contributed by atoms with Crippen LogP contribution < -0.4 is 9.80 Å². The van der Waals surface area contributed by atoms with Crippen molar-refractivity contribution in [1.82, 2.24) is 0 Å². The number of fused-ring (bicyclic) bond motifs is 16. The largest absolute Gasteiger partial charge is 0.454 e. The summed E-state index contributed by atoms with van der Waals surface area (Å²) in [4.78, 5) is 4.84. The number of hydrogen-bond acceptors (Lipinski definition) is 4. The second-order valence-corrected chi connectivity index (χ2v) is 21.5. The lowest BCUT2D eigenvalue weighted by molar-refractivity contribution is 0.668. The standard InChI is InChI=1S/C75H50N2O2/c1-75(2)71-59-34-12-10-30-55(59)67(77(52-28-18-26-50(44-52)48-23-7-4-8-24-48)66-38-20-36-62-57-32-14-16-40-69(57)79-74(62)66)46-64(71)70-58-33-11-9-29-54(58)63-45-53(41-42-60(63)72(70)75)76(51-27-17-25-49(43-51)47-21-5-3-6-22-47)65-37-19-35-61-56-31-13-15-39-68(56)78-73(61)65/h3-46H,1-2H3. The summed E-state index contributed by atoms with van der Waals surface area (Å²) < 4.78 is 13.7. The van der Waals surface area contributed by atoms with Crippen LogP contribution in [0, 0.1) is 0 Å². The molecule has 0 aliphatic heterocycles. The molecule has 2 aromatic heterocycles. The third-order valence-electron chi connectivity index (χ3n) is 16.7. The zero-order valence-corrected chi connectivity index (χ0v) is 43.6. The molecule has 0 spiro atoms. The summed E-state index contributed by atoms with van der Waals surface area (Å²) in [6.07, 6.45) is 0. The van der Waals surface area contributed by atoms with Crippen molar-refractivity contribution >= 4 is 110 Å². The molecule has 16 rings (SSSR count). The summed E-state index contributed by atoms with van der Waals surface area (Å²) in [6.45, 7) is 4.87. The Hall–Kier alpha value is -10.2. The molecule has 1 aliphatic rings. The summed E-state index contributed by atoms with van der Waals surface area (Å²) >= 11 is 0. The Bertz CT molecular complexity index is 4950. The summed E-state index contributed by atoms with van der Waals surface area (Å²) in [7, 11) is 0. The van der Waals surface area contributed by atoms with Gasteiger partial charge in [0.05, 0.1) is 17.1 Å². The minimum absolute atomic E-state index is 0.396. The molecule has 0 bridgehead atoms. The normalized spacial score (nSPS) is 12.8. The Morgan fingerprint density at radius 3 is 1.33 bits per heavy atom. The fourth-order valence-corrected chi connectivity index (χ4v) is 13.3. The third-order valence-corrected chi connectivity index (χ3v) is 16.7. The van der Waals surface area contributed by atoms with Gasteiger partial charge in [-0.3, -0.25) is 0 Å². The summed E-state index contributed by atoms with van der Waals surface area (Å²) in [6, 6.07) is 96.8. The quantitative estimate of drug-likeness (QED) is 0.142. The smallest absolute Gasteiger partial charge is 0.159 e. The van der Waals surface area contributed by atoms with Gasteiger partial charge in [0.2, 0.25) is 0 Å². The van der Waals surface area contributed by atoms with E-state index in [-0.39, 0.29) is 0 Å². The third kappa shape index (κ3) is 6.87. The number of nitrogens with zero attached hydrogens (tertiary/aromatic N) is 2. The van der Waals surface area contributed by atoms with Gasteiger partial charge >= 0.3 is 0 Å². The van der Waals surface area contributed by atoms with Gasteiger partial charge in [0.15, 0.2) is 11.2 Å². The molecule has 0 N–H and O–H groups in total. The molecule has 0 amide bonds. The maximum atomic E-state index is 6.92. The summed E-state index contributed by atoms with van der Waals surface area (Å²) in [5, 5.41) is 11.7. The van der Waals surface area contributed by atoms with Crippen LogP contribution in [-0.2, 0) is 5.41 Å². The molecule has 0 fully saturated rings. The van der Waals surface area contributed by atoms with E-state index < -0.39 is 5.41 Å². The van der Waals surface area contributed by atoms with Crippen molar-refractivity contribution in [3.8, 4) is 33.4 Å². The SMILES string of the molecule is CC1(C)c2c(cc(N(c3cccc(-c4ccccc4)c3)c3cccc4c3oc3ccccc34)c3ccccc23)-c2c1c1ccc(N(c3cccc(-c4ccccc4)c3)c3cccc4c3oc3ccccc34)cc1c1ccccc21. The number of furan rings is 2. The van der Waals surface area contributed by atoms with Crippen molar-refractivity contribution in [3.63, 3.8) is 0 Å². The van der Waals surface area contributed by atoms with Gasteiger partial charge in [0.25, 0.3) is 0 Å². The first-order valence-electron chi connectivity index (χ1n) is 27.2. The maximum Gasteiger partial charge on any atom is 0.159 e. The highest BCUT2D eigenvalue weighted by Gasteiger charge is 2.41. The molecular weight excluding hydrogens is 961 g/mol. The van der Waals surface area contributed by atoms with E-state index in [0.717, 1.165) is 94.7 Å². The number of anilines is 6. The second kappa shape index (κ2) is 17.4. The van der Waals surface area contributed by atoms with Crippen LogP contribution in [0.2, 0.25) is 0 Å². The highest BCUT2D eigenvalue weighted by atomic mass is 16.3. The highest BCUT2D eigenvalue weighted by Crippen LogP contribution is 2.59. The van der Waals surface area contributed by atoms with Gasteiger partial charge in [-0.05, 0) is 138 Å². The Kier molecular flexibility index (Phi) is 9.95. The predicted molar refractivity (Wildman–Crippen MR) is 331 cm³/mol. The van der Waals surface area contributed by atoms with Crippen molar-refractivity contribution < 1.29 is 8.83 Å². The molecule has 79 heavy (non-hydrogen) atoms. The molecule has 0 unspecified atom stereocenters. The minimum Gasteiger partial charge on any atom is -0.454 e. The van der Waals surface area contributed by atoms with Crippen LogP contribution in [0.4, 0.5) is 34.1 Å². The topological polar surface area (TPSA) is 32.8 Å². The Morgan fingerprint density at radius 1 is 0.278 bits per heavy atom. The molecule has 13 aromatic carbocycles. The minimum atomic E-state index is -0.396. The van der Waals surface area contributed by atoms with Gasteiger partial charge in [0.1, 0.15) is 11.2 Å². The fraction of sp³-hybridized carbons (Fsp3) is 0.0400. The molecule has 0 saturated carbocycles. The molecule has 15 aromatic rings. The summed E-state index contributed by atoms with van der Waals surface area (Å²) in [5.41, 5.74) is 19.0. The van der Waals surface area contributed by atoms with Gasteiger partial charge in [0, 0.05) is 49.4 Å². The number of para-hydroxylation sites is 4. The molecule has 4 heteroatoms. The van der Waals surface area contributed by atoms with Crippen LogP contribution in [0.15, 0.2) is 276 Å². The first-order chi connectivity index (χ1) is 39.0. The van der Waals surface area contributed by atoms with E-state index in [1.54, 1.807) is 0 Å². The van der Waals surface area contributed by atoms with Crippen LogP contribution in [-0.4, -0.2) is 0 Å². The first kappa shape index (κ1) is 45.1. The van der Waals surface area contributed by atoms with Crippen molar-refractivity contribution in [2.45, 2.75) is 19.3 Å². The lowest BCUT2D eigenvalue weighted by Gasteiger charge is -2.30. The number of benzene rings is 13. The molecule has 2 heterocycles. The lowest BCUT2D eigenvalue weighted by atomic mass is 9.77. The fourth-order valence-electron chi connectivity index (χ4n) is 13.3. The highest BCUT2D eigenvalue weighted by molar-refractivity contribution is 6.22. The Morgan fingerprint density at radius 2 is 0.722 bits per heavy atom. The number of rotatable bonds is 8. The zero-order chi connectivity index (χ0) is 52.3. The van der Waals surface area contributed by atoms with Gasteiger partial charge in [-0.2, -0.15) is 0 Å². The average Bonchev–Trinajstić information content (AvgIpc) is 4.28. The van der Waals surface area contributed by atoms with Crippen molar-refractivity contribution in [3.05, 3.63) is 278 Å². The van der Waals surface area contributed by atoms with E-state index in [2.05, 4.69) is 285 Å². The molecule has 0 radical (unpaired) electrons. The molecule has 0 atom stereocenters. The van der Waals surface area contributed by atoms with Crippen molar-refractivity contribution in [2.24, 2.45) is 0 Å². The molecule has 372 valence electrons. The van der Waals surface area contributed by atoms with Crippen molar-refractivity contribution in [2.75, 3.05) is 9.80 Å². The molecular formula is C75H50N2O2. The van der Waals surface area contributed by atoms with Crippen molar-refractivity contribution in [1.29, 1.82) is 0 Å². The van der Waals surface area contributed by atoms with Crippen LogP contribution >= 0.6 is 0 Å². The van der Waals surface area contributed by atoms with E-state index in [9.17, 15) is 0 Å². The Labute approximate surface area is 457 Å². The predicted octanol–water partition coefficient (Wildman–Crippen LogP) is 21.5. The monoisotopic (exact) mass is 1010 g/mol. The van der Waals surface area contributed by atoms with E-state index in [1.807, 2.05) is 6.07 Å². The molecule has 0 saturated heterocycles. The summed E-state index contributed by atoms with van der Waals surface area (Å²) in [5.74, 6) is 0. The Balaban J connectivity index is 0.950. The lowest BCUT2D eigenvalue weighted by Crippen LogP contribution is -2.17. The van der Waals surface area contributed by atoms with E-state index in [4.69, 9.17) is 8.83 Å². The zero-order valence-electron chi connectivity index (χ0n) is 43.6. The van der Waals surface area contributed by atoms with Gasteiger partial charge < -0.3 is 18.6 Å². The molecule has 4 nitrogen and oxygen atoms in total. The van der Waals surface area contributed by atoms with Crippen LogP contribution in [0.3, 0.4) is 0 Å². The number of hydrogen-bond donors (Lipinski definition) is 0. The maximum absolute atomic E-state index is 6.92. The van der Waals surface area contributed by atoms with E-state index in [1.165, 1.54) is 60.1 Å². The van der Waals surface area contributed by atoms with Gasteiger partial charge in [-0.25, -0.2) is 0 Å². The average molecular weight is 1010 g/mol. The van der Waals surface area contributed by atoms with Gasteiger partial charge in [-0.1, -0.05) is 214 Å². The molecule has 1 aliphatic carbocycles. The van der Waals surface area contributed by atoms with Gasteiger partial charge in [-0.15, -0.1) is 0 Å². The van der Waals surface area contributed by atoms with E-state index >= 15 is 0 Å². The van der Waals surface area contributed by atoms with E-state index in [0.29, 0.717) is 0 Å². The van der Waals surface area contributed by atoms with Crippen LogP contribution in [0.25, 0.3) is 110 Å². The second-order valence-electron chi connectivity index (χ2n) is 21.5.